The van der Waals surface area contributed by atoms with Gasteiger partial charge in [-0.15, -0.1) is 5.10 Å². The van der Waals surface area contributed by atoms with Crippen molar-refractivity contribution in [3.05, 3.63) is 40.1 Å². The summed E-state index contributed by atoms with van der Waals surface area (Å²) in [6.45, 7) is 1.82. The molecule has 3 N–H and O–H groups in total. The van der Waals surface area contributed by atoms with E-state index < -0.39 is 4.92 Å². The Labute approximate surface area is 123 Å². The largest absolute Gasteiger partial charge is 0.331 e. The van der Waals surface area contributed by atoms with Crippen LogP contribution in [0.3, 0.4) is 0 Å². The quantitative estimate of drug-likeness (QED) is 0.448. The van der Waals surface area contributed by atoms with Crippen LogP contribution in [0, 0.1) is 17.0 Å². The molecule has 2 rings (SSSR count). The number of nitro groups is 1. The number of rotatable bonds is 4. The molecule has 0 radical (unpaired) electrons. The number of hydrazine groups is 1. The lowest BCUT2D eigenvalue weighted by Gasteiger charge is -2.11. The molecule has 0 atom stereocenters. The lowest BCUT2D eigenvalue weighted by molar-refractivity contribution is -0.384. The number of aromatic nitrogens is 2. The van der Waals surface area contributed by atoms with E-state index in [-0.39, 0.29) is 5.69 Å². The summed E-state index contributed by atoms with van der Waals surface area (Å²) in [5.41, 5.74) is 7.09. The number of anilines is 2. The third-order valence-corrected chi connectivity index (χ3v) is 3.22. The molecule has 104 valence electrons. The second kappa shape index (κ2) is 6.21. The Morgan fingerprint density at radius 3 is 2.65 bits per heavy atom. The first-order valence-corrected chi connectivity index (χ1v) is 6.61. The fraction of sp³-hybridized carbons (Fsp3) is 0.100. The maximum Gasteiger partial charge on any atom is 0.269 e. The van der Waals surface area contributed by atoms with Crippen LogP contribution in [-0.4, -0.2) is 19.6 Å². The van der Waals surface area contributed by atoms with Gasteiger partial charge in [-0.05, 0) is 31.3 Å². The smallest absolute Gasteiger partial charge is 0.269 e. The zero-order valence-electron chi connectivity index (χ0n) is 10.3. The van der Waals surface area contributed by atoms with Gasteiger partial charge in [-0.2, -0.15) is 0 Å². The van der Waals surface area contributed by atoms with Crippen molar-refractivity contribution < 1.29 is 4.92 Å². The summed E-state index contributed by atoms with van der Waals surface area (Å²) in [7, 11) is 0. The summed E-state index contributed by atoms with van der Waals surface area (Å²) >= 11 is 6.29. The van der Waals surface area contributed by atoms with Crippen molar-refractivity contribution in [2.75, 3.05) is 10.7 Å². The summed E-state index contributed by atoms with van der Waals surface area (Å²) in [6, 6.07) is 5.95. The Balaban J connectivity index is 1.88. The molecule has 0 saturated heterocycles. The van der Waals surface area contributed by atoms with E-state index in [1.807, 2.05) is 6.92 Å². The molecule has 0 amide bonds. The highest BCUT2D eigenvalue weighted by atomic mass is 32.1. The van der Waals surface area contributed by atoms with E-state index in [1.165, 1.54) is 23.7 Å². The van der Waals surface area contributed by atoms with Gasteiger partial charge in [0.25, 0.3) is 5.69 Å². The number of benzene rings is 1. The average Bonchev–Trinajstić information content (AvgIpc) is 2.82. The molecule has 0 fully saturated rings. The van der Waals surface area contributed by atoms with Gasteiger partial charge in [-0.1, -0.05) is 4.49 Å². The molecule has 1 aromatic heterocycles. The number of nitrogens with zero attached hydrogens (tertiary/aromatic N) is 3. The zero-order chi connectivity index (χ0) is 14.5. The van der Waals surface area contributed by atoms with Crippen molar-refractivity contribution in [3.63, 3.8) is 0 Å². The highest BCUT2D eigenvalue weighted by molar-refractivity contribution is 7.80. The fourth-order valence-electron chi connectivity index (χ4n) is 1.29. The van der Waals surface area contributed by atoms with Crippen LogP contribution in [0.25, 0.3) is 0 Å². The van der Waals surface area contributed by atoms with Gasteiger partial charge < -0.3 is 5.32 Å². The highest BCUT2D eigenvalue weighted by Gasteiger charge is 2.05. The predicted octanol–water partition coefficient (Wildman–Crippen LogP) is 2.07. The van der Waals surface area contributed by atoms with Crippen LogP contribution in [-0.2, 0) is 0 Å². The topological polar surface area (TPSA) is 105 Å². The summed E-state index contributed by atoms with van der Waals surface area (Å²) in [6.07, 6.45) is 0. The minimum absolute atomic E-state index is 0.0268. The maximum atomic E-state index is 10.5. The zero-order valence-corrected chi connectivity index (χ0v) is 11.9. The van der Waals surface area contributed by atoms with Crippen LogP contribution in [0.4, 0.5) is 16.4 Å². The normalized spacial score (nSPS) is 9.85. The molecule has 0 aliphatic carbocycles. The minimum atomic E-state index is -0.457. The molecule has 1 aromatic carbocycles. The number of nitrogens with one attached hydrogen (secondary N) is 3. The maximum absolute atomic E-state index is 10.5. The lowest BCUT2D eigenvalue weighted by atomic mass is 10.3. The molecular formula is C10H10N6O2S2. The number of nitro benzene ring substituents is 1. The van der Waals surface area contributed by atoms with Gasteiger partial charge in [0.15, 0.2) is 10.1 Å². The van der Waals surface area contributed by atoms with Gasteiger partial charge in [-0.3, -0.25) is 21.0 Å². The minimum Gasteiger partial charge on any atom is -0.331 e. The second-order valence-electron chi connectivity index (χ2n) is 3.70. The monoisotopic (exact) mass is 310 g/mol. The first kappa shape index (κ1) is 14.1. The van der Waals surface area contributed by atoms with E-state index in [4.69, 9.17) is 12.2 Å². The lowest BCUT2D eigenvalue weighted by Crippen LogP contribution is -2.33. The summed E-state index contributed by atoms with van der Waals surface area (Å²) in [4.78, 5) is 10.1. The van der Waals surface area contributed by atoms with Crippen molar-refractivity contribution in [2.24, 2.45) is 0 Å². The molecule has 0 aliphatic rings. The Bertz CT molecular complexity index is 627. The Morgan fingerprint density at radius 2 is 2.10 bits per heavy atom. The van der Waals surface area contributed by atoms with Crippen molar-refractivity contribution in [3.8, 4) is 0 Å². The molecule has 0 unspecified atom stereocenters. The van der Waals surface area contributed by atoms with Crippen molar-refractivity contribution in [1.29, 1.82) is 0 Å². The van der Waals surface area contributed by atoms with Gasteiger partial charge in [0.05, 0.1) is 10.6 Å². The van der Waals surface area contributed by atoms with Gasteiger partial charge in [-0.25, -0.2) is 0 Å². The fourth-order valence-corrected chi connectivity index (χ4v) is 1.97. The molecule has 0 aliphatic heterocycles. The molecule has 8 nitrogen and oxygen atoms in total. The van der Waals surface area contributed by atoms with Crippen molar-refractivity contribution in [1.82, 2.24) is 15.0 Å². The molecule has 0 spiro atoms. The van der Waals surface area contributed by atoms with Gasteiger partial charge in [0.1, 0.15) is 0 Å². The van der Waals surface area contributed by atoms with E-state index >= 15 is 0 Å². The van der Waals surface area contributed by atoms with E-state index in [0.717, 1.165) is 10.7 Å². The highest BCUT2D eigenvalue weighted by Crippen LogP contribution is 2.16. The first-order chi connectivity index (χ1) is 9.56. The summed E-state index contributed by atoms with van der Waals surface area (Å²) in [5, 5.41) is 18.3. The summed E-state index contributed by atoms with van der Waals surface area (Å²) in [5.74, 6) is 0. The van der Waals surface area contributed by atoms with E-state index in [2.05, 4.69) is 25.8 Å². The Hall–Kier alpha value is -2.33. The molecule has 2 aromatic rings. The third kappa shape index (κ3) is 3.59. The SMILES string of the molecule is Cc1nnsc1NNC(=S)Nc1ccc([N+](=O)[O-])cc1. The van der Waals surface area contributed by atoms with Gasteiger partial charge in [0, 0.05) is 29.4 Å². The number of aryl methyl sites for hydroxylation is 1. The standard InChI is InChI=1S/C10H10N6O2S2/c1-6-9(20-15-12-6)13-14-10(19)11-7-2-4-8(5-3-7)16(17)18/h2-5,13H,1H3,(H2,11,14,19). The number of hydrogen-bond acceptors (Lipinski definition) is 7. The molecule has 20 heavy (non-hydrogen) atoms. The van der Waals surface area contributed by atoms with Crippen LogP contribution in [0.5, 0.6) is 0 Å². The van der Waals surface area contributed by atoms with Crippen molar-refractivity contribution in [2.45, 2.75) is 6.92 Å². The van der Waals surface area contributed by atoms with E-state index in [0.29, 0.717) is 10.8 Å². The van der Waals surface area contributed by atoms with E-state index in [1.54, 1.807) is 12.1 Å². The first-order valence-electron chi connectivity index (χ1n) is 5.42. The molecule has 0 bridgehead atoms. The van der Waals surface area contributed by atoms with Crippen molar-refractivity contribution >= 4 is 45.2 Å². The number of non-ortho nitro benzene ring substituents is 1. The second-order valence-corrected chi connectivity index (χ2v) is 4.86. The molecular weight excluding hydrogens is 300 g/mol. The van der Waals surface area contributed by atoms with Gasteiger partial charge >= 0.3 is 0 Å². The van der Waals surface area contributed by atoms with Crippen LogP contribution < -0.4 is 16.2 Å². The van der Waals surface area contributed by atoms with Crippen LogP contribution in [0.2, 0.25) is 0 Å². The van der Waals surface area contributed by atoms with Crippen LogP contribution in [0.1, 0.15) is 5.69 Å². The molecule has 10 heteroatoms. The average molecular weight is 310 g/mol. The Kier molecular flexibility index (Phi) is 4.38. The van der Waals surface area contributed by atoms with Crippen LogP contribution in [0.15, 0.2) is 24.3 Å². The van der Waals surface area contributed by atoms with Crippen LogP contribution >= 0.6 is 23.8 Å². The van der Waals surface area contributed by atoms with Gasteiger partial charge in [0.2, 0.25) is 0 Å². The molecule has 0 saturated carbocycles. The number of hydrogen-bond donors (Lipinski definition) is 3. The molecule has 1 heterocycles. The Morgan fingerprint density at radius 1 is 1.40 bits per heavy atom. The van der Waals surface area contributed by atoms with E-state index in [9.17, 15) is 10.1 Å². The third-order valence-electron chi connectivity index (χ3n) is 2.28. The number of thiocarbonyl (C=S) groups is 1. The predicted molar refractivity (Wildman–Crippen MR) is 80.7 cm³/mol. The summed E-state index contributed by atoms with van der Waals surface area (Å²) < 4.78 is 3.77.